The standard InChI is InChI=1S/C13H16N4O3/c1-8-5-9(14)7-16(6-8)13-15-12-10(17(18)19)3-2-4-11(12)20-13/h2-4,8-9H,5-7,14H2,1H3. The number of nitrogens with zero attached hydrogens (tertiary/aromatic N) is 3. The lowest BCUT2D eigenvalue weighted by molar-refractivity contribution is -0.383. The highest BCUT2D eigenvalue weighted by atomic mass is 16.6. The third-order valence-corrected chi connectivity index (χ3v) is 3.55. The van der Waals surface area contributed by atoms with Gasteiger partial charge in [0.1, 0.15) is 0 Å². The second kappa shape index (κ2) is 4.75. The maximum absolute atomic E-state index is 11.0. The molecule has 0 radical (unpaired) electrons. The van der Waals surface area contributed by atoms with Crippen LogP contribution in [0.1, 0.15) is 13.3 Å². The highest BCUT2D eigenvalue weighted by molar-refractivity contribution is 5.84. The van der Waals surface area contributed by atoms with Crippen molar-refractivity contribution in [2.75, 3.05) is 18.0 Å². The average molecular weight is 276 g/mol. The van der Waals surface area contributed by atoms with E-state index in [0.29, 0.717) is 29.6 Å². The van der Waals surface area contributed by atoms with E-state index in [1.807, 2.05) is 4.90 Å². The van der Waals surface area contributed by atoms with Crippen LogP contribution in [0.3, 0.4) is 0 Å². The minimum Gasteiger partial charge on any atom is -0.423 e. The Morgan fingerprint density at radius 2 is 2.30 bits per heavy atom. The molecule has 106 valence electrons. The van der Waals surface area contributed by atoms with E-state index in [-0.39, 0.29) is 11.7 Å². The minimum atomic E-state index is -0.445. The predicted molar refractivity (Wildman–Crippen MR) is 74.6 cm³/mol. The van der Waals surface area contributed by atoms with Crippen LogP contribution in [0.25, 0.3) is 11.1 Å². The number of hydrogen-bond donors (Lipinski definition) is 1. The van der Waals surface area contributed by atoms with Crippen molar-refractivity contribution in [3.63, 3.8) is 0 Å². The fourth-order valence-electron chi connectivity index (χ4n) is 2.76. The van der Waals surface area contributed by atoms with Gasteiger partial charge in [0.15, 0.2) is 11.1 Å². The zero-order chi connectivity index (χ0) is 14.3. The first-order chi connectivity index (χ1) is 9.54. The van der Waals surface area contributed by atoms with Gasteiger partial charge in [-0.15, -0.1) is 0 Å². The summed E-state index contributed by atoms with van der Waals surface area (Å²) in [6, 6.07) is 5.20. The Hall–Kier alpha value is -2.15. The second-order valence-electron chi connectivity index (χ2n) is 5.38. The SMILES string of the molecule is CC1CC(N)CN(c2nc3c([N+](=O)[O-])cccc3o2)C1. The van der Waals surface area contributed by atoms with E-state index in [2.05, 4.69) is 11.9 Å². The third-order valence-electron chi connectivity index (χ3n) is 3.55. The molecule has 1 aromatic heterocycles. The van der Waals surface area contributed by atoms with Crippen LogP contribution in [0.2, 0.25) is 0 Å². The van der Waals surface area contributed by atoms with Gasteiger partial charge in [-0.25, -0.2) is 0 Å². The van der Waals surface area contributed by atoms with Crippen LogP contribution >= 0.6 is 0 Å². The van der Waals surface area contributed by atoms with Crippen molar-refractivity contribution in [1.82, 2.24) is 4.98 Å². The predicted octanol–water partition coefficient (Wildman–Crippen LogP) is 1.91. The van der Waals surface area contributed by atoms with Crippen LogP contribution in [0.5, 0.6) is 0 Å². The first-order valence-corrected chi connectivity index (χ1v) is 6.59. The number of fused-ring (bicyclic) bond motifs is 1. The molecule has 2 aromatic rings. The van der Waals surface area contributed by atoms with Gasteiger partial charge in [0, 0.05) is 25.2 Å². The number of hydrogen-bond acceptors (Lipinski definition) is 6. The number of anilines is 1. The average Bonchev–Trinajstić information content (AvgIpc) is 2.80. The van der Waals surface area contributed by atoms with Crippen molar-refractivity contribution in [2.45, 2.75) is 19.4 Å². The first-order valence-electron chi connectivity index (χ1n) is 6.59. The molecule has 7 heteroatoms. The number of oxazole rings is 1. The molecule has 1 fully saturated rings. The molecule has 2 unspecified atom stereocenters. The van der Waals surface area contributed by atoms with Crippen molar-refractivity contribution in [1.29, 1.82) is 0 Å². The number of nitro benzene ring substituents is 1. The fraction of sp³-hybridized carbons (Fsp3) is 0.462. The van der Waals surface area contributed by atoms with Gasteiger partial charge in [0.25, 0.3) is 11.7 Å². The van der Waals surface area contributed by atoms with Crippen LogP contribution in [0.4, 0.5) is 11.7 Å². The number of piperidine rings is 1. The van der Waals surface area contributed by atoms with E-state index >= 15 is 0 Å². The molecule has 2 atom stereocenters. The van der Waals surface area contributed by atoms with Gasteiger partial charge >= 0.3 is 0 Å². The summed E-state index contributed by atoms with van der Waals surface area (Å²) >= 11 is 0. The van der Waals surface area contributed by atoms with E-state index in [4.69, 9.17) is 10.2 Å². The van der Waals surface area contributed by atoms with Gasteiger partial charge < -0.3 is 15.1 Å². The van der Waals surface area contributed by atoms with E-state index < -0.39 is 4.92 Å². The molecular weight excluding hydrogens is 260 g/mol. The minimum absolute atomic E-state index is 0.0353. The van der Waals surface area contributed by atoms with Gasteiger partial charge in [0.2, 0.25) is 0 Å². The number of benzene rings is 1. The molecule has 2 heterocycles. The topological polar surface area (TPSA) is 98.4 Å². The van der Waals surface area contributed by atoms with Gasteiger partial charge in [-0.05, 0) is 18.4 Å². The summed E-state index contributed by atoms with van der Waals surface area (Å²) in [6.07, 6.45) is 0.969. The Morgan fingerprint density at radius 1 is 1.50 bits per heavy atom. The normalized spacial score (nSPS) is 23.2. The first kappa shape index (κ1) is 12.9. The second-order valence-corrected chi connectivity index (χ2v) is 5.38. The largest absolute Gasteiger partial charge is 0.423 e. The number of nitro groups is 1. The summed E-state index contributed by atoms with van der Waals surface area (Å²) < 4.78 is 5.65. The molecule has 7 nitrogen and oxygen atoms in total. The van der Waals surface area contributed by atoms with Crippen molar-refractivity contribution in [2.24, 2.45) is 11.7 Å². The van der Waals surface area contributed by atoms with E-state index in [1.54, 1.807) is 12.1 Å². The summed E-state index contributed by atoms with van der Waals surface area (Å²) in [5, 5.41) is 11.0. The quantitative estimate of drug-likeness (QED) is 0.664. The fourth-order valence-corrected chi connectivity index (χ4v) is 2.76. The molecule has 0 spiro atoms. The maximum atomic E-state index is 11.0. The Bertz CT molecular complexity index is 644. The molecule has 1 aliphatic rings. The monoisotopic (exact) mass is 276 g/mol. The Kier molecular flexibility index (Phi) is 3.06. The van der Waals surface area contributed by atoms with Crippen LogP contribution in [-0.4, -0.2) is 29.0 Å². The van der Waals surface area contributed by atoms with Crippen molar-refractivity contribution in [3.8, 4) is 0 Å². The van der Waals surface area contributed by atoms with Crippen LogP contribution in [0.15, 0.2) is 22.6 Å². The van der Waals surface area contributed by atoms with Gasteiger partial charge in [-0.2, -0.15) is 4.98 Å². The van der Waals surface area contributed by atoms with Crippen LogP contribution in [0, 0.1) is 16.0 Å². The Morgan fingerprint density at radius 3 is 3.00 bits per heavy atom. The summed E-state index contributed by atoms with van der Waals surface area (Å²) in [4.78, 5) is 16.8. The van der Waals surface area contributed by atoms with Gasteiger partial charge in [0.05, 0.1) is 4.92 Å². The Balaban J connectivity index is 2.00. The van der Waals surface area contributed by atoms with E-state index in [1.165, 1.54) is 6.07 Å². The lowest BCUT2D eigenvalue weighted by Gasteiger charge is -2.33. The number of para-hydroxylation sites is 1. The summed E-state index contributed by atoms with van der Waals surface area (Å²) in [6.45, 7) is 3.58. The molecule has 0 saturated carbocycles. The van der Waals surface area contributed by atoms with Crippen molar-refractivity contribution in [3.05, 3.63) is 28.3 Å². The molecule has 0 bridgehead atoms. The number of aromatic nitrogens is 1. The van der Waals surface area contributed by atoms with Crippen molar-refractivity contribution < 1.29 is 9.34 Å². The zero-order valence-electron chi connectivity index (χ0n) is 11.2. The van der Waals surface area contributed by atoms with Crippen LogP contribution in [-0.2, 0) is 0 Å². The molecular formula is C13H16N4O3. The van der Waals surface area contributed by atoms with E-state index in [9.17, 15) is 10.1 Å². The summed E-state index contributed by atoms with van der Waals surface area (Å²) in [5.41, 5.74) is 6.69. The molecule has 1 aliphatic heterocycles. The zero-order valence-corrected chi connectivity index (χ0v) is 11.2. The third kappa shape index (κ3) is 2.20. The van der Waals surface area contributed by atoms with Gasteiger partial charge in [-0.1, -0.05) is 13.0 Å². The highest BCUT2D eigenvalue weighted by Crippen LogP contribution is 2.30. The highest BCUT2D eigenvalue weighted by Gasteiger charge is 2.27. The molecule has 20 heavy (non-hydrogen) atoms. The molecule has 1 saturated heterocycles. The molecule has 0 amide bonds. The number of nitrogens with two attached hydrogens (primary N) is 1. The summed E-state index contributed by atoms with van der Waals surface area (Å²) in [7, 11) is 0. The Labute approximate surface area is 115 Å². The molecule has 0 aliphatic carbocycles. The van der Waals surface area contributed by atoms with Crippen molar-refractivity contribution >= 4 is 22.8 Å². The molecule has 3 rings (SSSR count). The van der Waals surface area contributed by atoms with Gasteiger partial charge in [-0.3, -0.25) is 10.1 Å². The van der Waals surface area contributed by atoms with Crippen LogP contribution < -0.4 is 10.6 Å². The van der Waals surface area contributed by atoms with E-state index in [0.717, 1.165) is 13.0 Å². The smallest absolute Gasteiger partial charge is 0.298 e. The maximum Gasteiger partial charge on any atom is 0.298 e. The lowest BCUT2D eigenvalue weighted by atomic mass is 9.97. The molecule has 1 aromatic carbocycles. The molecule has 2 N–H and O–H groups in total. The number of rotatable bonds is 2. The number of non-ortho nitro benzene ring substituents is 1. The summed E-state index contributed by atoms with van der Waals surface area (Å²) in [5.74, 6) is 0.448. The lowest BCUT2D eigenvalue weighted by Crippen LogP contribution is -2.46.